The third kappa shape index (κ3) is 2.39. The lowest BCUT2D eigenvalue weighted by Gasteiger charge is -2.13. The molecule has 1 fully saturated rings. The first kappa shape index (κ1) is 10.9. The molecule has 2 aromatic rings. The Morgan fingerprint density at radius 1 is 1.35 bits per heavy atom. The first-order chi connectivity index (χ1) is 8.31. The zero-order chi connectivity index (χ0) is 11.7. The SMILES string of the molecule is CC1CC(Nc2ccc3ncccc3c2)CS1. The van der Waals surface area contributed by atoms with E-state index in [-0.39, 0.29) is 0 Å². The van der Waals surface area contributed by atoms with Crippen molar-refractivity contribution < 1.29 is 0 Å². The molecule has 1 aromatic heterocycles. The van der Waals surface area contributed by atoms with Crippen molar-refractivity contribution in [3.63, 3.8) is 0 Å². The van der Waals surface area contributed by atoms with Gasteiger partial charge in [-0.25, -0.2) is 0 Å². The number of benzene rings is 1. The van der Waals surface area contributed by atoms with Crippen molar-refractivity contribution in [2.24, 2.45) is 0 Å². The number of thioether (sulfide) groups is 1. The Hall–Kier alpha value is -1.22. The second-order valence-corrected chi connectivity index (χ2v) is 6.10. The minimum atomic E-state index is 0.615. The molecule has 0 amide bonds. The van der Waals surface area contributed by atoms with Gasteiger partial charge in [-0.05, 0) is 30.7 Å². The quantitative estimate of drug-likeness (QED) is 0.874. The number of pyridine rings is 1. The summed E-state index contributed by atoms with van der Waals surface area (Å²) in [5.74, 6) is 1.21. The molecule has 1 aliphatic rings. The number of hydrogen-bond donors (Lipinski definition) is 1. The topological polar surface area (TPSA) is 24.9 Å². The van der Waals surface area contributed by atoms with Gasteiger partial charge in [-0.2, -0.15) is 11.8 Å². The molecule has 0 aliphatic carbocycles. The Bertz CT molecular complexity index is 526. The van der Waals surface area contributed by atoms with Crippen LogP contribution >= 0.6 is 11.8 Å². The first-order valence-corrected chi connectivity index (χ1v) is 7.09. The molecule has 3 heteroatoms. The average molecular weight is 244 g/mol. The minimum absolute atomic E-state index is 0.615. The lowest BCUT2D eigenvalue weighted by molar-refractivity contribution is 0.747. The molecule has 0 radical (unpaired) electrons. The van der Waals surface area contributed by atoms with Crippen LogP contribution in [0.15, 0.2) is 36.5 Å². The van der Waals surface area contributed by atoms with Crippen LogP contribution in [0.2, 0.25) is 0 Å². The maximum absolute atomic E-state index is 4.33. The number of nitrogens with one attached hydrogen (secondary N) is 1. The summed E-state index contributed by atoms with van der Waals surface area (Å²) in [4.78, 5) is 4.33. The van der Waals surface area contributed by atoms with Gasteiger partial charge in [0, 0.05) is 34.3 Å². The second kappa shape index (κ2) is 4.57. The first-order valence-electron chi connectivity index (χ1n) is 6.04. The average Bonchev–Trinajstić information content (AvgIpc) is 2.75. The summed E-state index contributed by atoms with van der Waals surface area (Å²) in [6.45, 7) is 2.30. The van der Waals surface area contributed by atoms with Crippen LogP contribution in [0.3, 0.4) is 0 Å². The molecule has 1 saturated heterocycles. The third-order valence-corrected chi connectivity index (χ3v) is 4.53. The molecule has 3 rings (SSSR count). The molecule has 1 aliphatic heterocycles. The molecule has 2 atom stereocenters. The van der Waals surface area contributed by atoms with Gasteiger partial charge in [0.1, 0.15) is 0 Å². The summed E-state index contributed by atoms with van der Waals surface area (Å²) in [7, 11) is 0. The van der Waals surface area contributed by atoms with Gasteiger partial charge in [0.25, 0.3) is 0 Å². The summed E-state index contributed by atoms with van der Waals surface area (Å²) in [6.07, 6.45) is 3.10. The molecule has 0 saturated carbocycles. The highest BCUT2D eigenvalue weighted by Crippen LogP contribution is 2.28. The van der Waals surface area contributed by atoms with Crippen molar-refractivity contribution in [3.8, 4) is 0 Å². The zero-order valence-corrected chi connectivity index (χ0v) is 10.7. The van der Waals surface area contributed by atoms with E-state index >= 15 is 0 Å². The number of fused-ring (bicyclic) bond motifs is 1. The van der Waals surface area contributed by atoms with Gasteiger partial charge in [0.05, 0.1) is 5.52 Å². The standard InChI is InChI=1S/C14H16N2S/c1-10-7-13(9-17-10)16-12-4-5-14-11(8-12)3-2-6-15-14/h2-6,8,10,13,16H,7,9H2,1H3. The van der Waals surface area contributed by atoms with Crippen LogP contribution in [0.4, 0.5) is 5.69 Å². The van der Waals surface area contributed by atoms with E-state index in [1.54, 1.807) is 0 Å². The van der Waals surface area contributed by atoms with E-state index in [1.165, 1.54) is 23.2 Å². The van der Waals surface area contributed by atoms with E-state index in [4.69, 9.17) is 0 Å². The smallest absolute Gasteiger partial charge is 0.0703 e. The fraction of sp³-hybridized carbons (Fsp3) is 0.357. The molecule has 1 N–H and O–H groups in total. The molecule has 0 bridgehead atoms. The number of anilines is 1. The van der Waals surface area contributed by atoms with Crippen molar-refractivity contribution >= 4 is 28.4 Å². The molecule has 2 nitrogen and oxygen atoms in total. The largest absolute Gasteiger partial charge is 0.381 e. The summed E-state index contributed by atoms with van der Waals surface area (Å²) in [6, 6.07) is 11.1. The molecule has 17 heavy (non-hydrogen) atoms. The normalized spacial score (nSPS) is 24.1. The second-order valence-electron chi connectivity index (χ2n) is 4.63. The lowest BCUT2D eigenvalue weighted by atomic mass is 10.1. The summed E-state index contributed by atoms with van der Waals surface area (Å²) < 4.78 is 0. The summed E-state index contributed by atoms with van der Waals surface area (Å²) in [5, 5.41) is 5.61. The van der Waals surface area contributed by atoms with Crippen molar-refractivity contribution in [3.05, 3.63) is 36.5 Å². The summed E-state index contributed by atoms with van der Waals surface area (Å²) in [5.41, 5.74) is 2.28. The Morgan fingerprint density at radius 3 is 3.12 bits per heavy atom. The number of hydrogen-bond acceptors (Lipinski definition) is 3. The predicted molar refractivity (Wildman–Crippen MR) is 75.7 cm³/mol. The lowest BCUT2D eigenvalue weighted by Crippen LogP contribution is -2.18. The fourth-order valence-electron chi connectivity index (χ4n) is 2.32. The Labute approximate surface area is 106 Å². The highest BCUT2D eigenvalue weighted by Gasteiger charge is 2.21. The van der Waals surface area contributed by atoms with Crippen molar-refractivity contribution in [2.45, 2.75) is 24.6 Å². The van der Waals surface area contributed by atoms with Gasteiger partial charge in [-0.1, -0.05) is 13.0 Å². The van der Waals surface area contributed by atoms with Crippen LogP contribution in [0.25, 0.3) is 10.9 Å². The highest BCUT2D eigenvalue weighted by atomic mass is 32.2. The molecule has 0 spiro atoms. The van der Waals surface area contributed by atoms with Crippen LogP contribution < -0.4 is 5.32 Å². The van der Waals surface area contributed by atoms with E-state index in [2.05, 4.69) is 53.3 Å². The predicted octanol–water partition coefficient (Wildman–Crippen LogP) is 3.54. The van der Waals surface area contributed by atoms with Crippen LogP contribution in [0.5, 0.6) is 0 Å². The van der Waals surface area contributed by atoms with Crippen LogP contribution in [-0.4, -0.2) is 22.0 Å². The monoisotopic (exact) mass is 244 g/mol. The number of rotatable bonds is 2. The van der Waals surface area contributed by atoms with E-state index in [9.17, 15) is 0 Å². The molecule has 2 unspecified atom stereocenters. The van der Waals surface area contributed by atoms with Crippen LogP contribution in [0.1, 0.15) is 13.3 Å². The maximum Gasteiger partial charge on any atom is 0.0703 e. The molecular weight excluding hydrogens is 228 g/mol. The van der Waals surface area contributed by atoms with Gasteiger partial charge in [0.15, 0.2) is 0 Å². The van der Waals surface area contributed by atoms with Gasteiger partial charge in [-0.15, -0.1) is 0 Å². The van der Waals surface area contributed by atoms with E-state index < -0.39 is 0 Å². The van der Waals surface area contributed by atoms with Gasteiger partial charge in [0.2, 0.25) is 0 Å². The number of nitrogens with zero attached hydrogens (tertiary/aromatic N) is 1. The Kier molecular flexibility index (Phi) is 2.93. The zero-order valence-electron chi connectivity index (χ0n) is 9.89. The van der Waals surface area contributed by atoms with Gasteiger partial charge in [-0.3, -0.25) is 4.98 Å². The van der Waals surface area contributed by atoms with Crippen molar-refractivity contribution in [1.29, 1.82) is 0 Å². The Morgan fingerprint density at radius 2 is 2.29 bits per heavy atom. The van der Waals surface area contributed by atoms with Crippen molar-refractivity contribution in [1.82, 2.24) is 4.98 Å². The van der Waals surface area contributed by atoms with E-state index in [0.29, 0.717) is 6.04 Å². The van der Waals surface area contributed by atoms with Gasteiger partial charge >= 0.3 is 0 Å². The molecule has 2 heterocycles. The van der Waals surface area contributed by atoms with E-state index in [0.717, 1.165) is 10.8 Å². The van der Waals surface area contributed by atoms with Crippen LogP contribution in [0, 0.1) is 0 Å². The van der Waals surface area contributed by atoms with E-state index in [1.807, 2.05) is 12.3 Å². The van der Waals surface area contributed by atoms with Gasteiger partial charge < -0.3 is 5.32 Å². The third-order valence-electron chi connectivity index (χ3n) is 3.17. The maximum atomic E-state index is 4.33. The minimum Gasteiger partial charge on any atom is -0.381 e. The van der Waals surface area contributed by atoms with Crippen molar-refractivity contribution in [2.75, 3.05) is 11.1 Å². The fourth-order valence-corrected chi connectivity index (χ4v) is 3.47. The Balaban J connectivity index is 1.81. The summed E-state index contributed by atoms with van der Waals surface area (Å²) >= 11 is 2.05. The number of aromatic nitrogens is 1. The molecule has 88 valence electrons. The van der Waals surface area contributed by atoms with Crippen LogP contribution in [-0.2, 0) is 0 Å². The molecule has 1 aromatic carbocycles. The highest BCUT2D eigenvalue weighted by molar-refractivity contribution is 8.00. The molecular formula is C14H16N2S.